The minimum atomic E-state index is -0.439. The lowest BCUT2D eigenvalue weighted by Crippen LogP contribution is -2.66. The summed E-state index contributed by atoms with van der Waals surface area (Å²) in [5.74, 6) is -0.0190. The normalized spacial score (nSPS) is 24.6. The van der Waals surface area contributed by atoms with Crippen molar-refractivity contribution >= 4 is 11.8 Å². The third-order valence-electron chi connectivity index (χ3n) is 3.50. The monoisotopic (exact) mass is 270 g/mol. The van der Waals surface area contributed by atoms with Gasteiger partial charge in [0, 0.05) is 20.3 Å². The van der Waals surface area contributed by atoms with Crippen molar-refractivity contribution in [3.8, 4) is 0 Å². The van der Waals surface area contributed by atoms with Crippen LogP contribution in [0, 0.1) is 5.41 Å². The maximum Gasteiger partial charge on any atom is 0.246 e. The van der Waals surface area contributed by atoms with Crippen LogP contribution in [-0.2, 0) is 14.3 Å². The number of rotatable bonds is 5. The van der Waals surface area contributed by atoms with Gasteiger partial charge in [0.25, 0.3) is 0 Å². The minimum absolute atomic E-state index is 0.0232. The van der Waals surface area contributed by atoms with E-state index in [2.05, 4.69) is 5.32 Å². The van der Waals surface area contributed by atoms with Gasteiger partial charge in [-0.1, -0.05) is 27.7 Å². The van der Waals surface area contributed by atoms with Gasteiger partial charge in [-0.3, -0.25) is 9.59 Å². The molecule has 1 heterocycles. The summed E-state index contributed by atoms with van der Waals surface area (Å²) in [5, 5.41) is 2.87. The van der Waals surface area contributed by atoms with E-state index in [1.54, 1.807) is 12.0 Å². The quantitative estimate of drug-likeness (QED) is 0.763. The molecule has 1 saturated heterocycles. The molecule has 0 saturated carbocycles. The molecule has 1 aliphatic rings. The van der Waals surface area contributed by atoms with Crippen LogP contribution in [0.5, 0.6) is 0 Å². The van der Waals surface area contributed by atoms with Crippen LogP contribution < -0.4 is 5.32 Å². The highest BCUT2D eigenvalue weighted by Gasteiger charge is 2.44. The molecule has 0 aromatic rings. The number of hydrogen-bond donors (Lipinski definition) is 1. The molecule has 5 nitrogen and oxygen atoms in total. The predicted octanol–water partition coefficient (Wildman–Crippen LogP) is 1.17. The van der Waals surface area contributed by atoms with Crippen molar-refractivity contribution in [3.63, 3.8) is 0 Å². The third-order valence-corrected chi connectivity index (χ3v) is 3.50. The zero-order chi connectivity index (χ0) is 14.6. The highest BCUT2D eigenvalue weighted by Crippen LogP contribution is 2.26. The lowest BCUT2D eigenvalue weighted by molar-refractivity contribution is -0.152. The van der Waals surface area contributed by atoms with Crippen LogP contribution in [-0.4, -0.2) is 49.1 Å². The molecule has 2 atom stereocenters. The first-order valence-corrected chi connectivity index (χ1v) is 6.92. The number of ether oxygens (including phenoxy) is 1. The number of piperazine rings is 1. The van der Waals surface area contributed by atoms with E-state index in [1.807, 2.05) is 27.7 Å². The molecule has 0 spiro atoms. The van der Waals surface area contributed by atoms with E-state index in [9.17, 15) is 9.59 Å². The molecule has 0 bridgehead atoms. The fraction of sp³-hybridized carbons (Fsp3) is 0.857. The summed E-state index contributed by atoms with van der Waals surface area (Å²) in [6.07, 6.45) is 1.39. The molecule has 110 valence electrons. The molecule has 1 rings (SSSR count). The van der Waals surface area contributed by atoms with Gasteiger partial charge < -0.3 is 15.0 Å². The van der Waals surface area contributed by atoms with E-state index in [0.717, 1.165) is 6.42 Å². The summed E-state index contributed by atoms with van der Waals surface area (Å²) in [5.41, 5.74) is -0.273. The molecular formula is C14H26N2O3. The van der Waals surface area contributed by atoms with Crippen molar-refractivity contribution in [1.82, 2.24) is 10.2 Å². The van der Waals surface area contributed by atoms with Crippen LogP contribution in [0.25, 0.3) is 0 Å². The SMILES string of the molecule is CCC1C(=O)NC(C(C)(C)C)C(=O)N1CCCOC. The zero-order valence-corrected chi connectivity index (χ0v) is 12.7. The van der Waals surface area contributed by atoms with E-state index in [1.165, 1.54) is 0 Å². The maximum absolute atomic E-state index is 12.6. The van der Waals surface area contributed by atoms with Crippen molar-refractivity contribution in [2.24, 2.45) is 5.41 Å². The molecule has 0 aromatic carbocycles. The highest BCUT2D eigenvalue weighted by molar-refractivity contribution is 5.97. The number of methoxy groups -OCH3 is 1. The van der Waals surface area contributed by atoms with Gasteiger partial charge in [-0.25, -0.2) is 0 Å². The van der Waals surface area contributed by atoms with E-state index in [4.69, 9.17) is 4.74 Å². The first-order valence-electron chi connectivity index (χ1n) is 6.92. The number of nitrogens with one attached hydrogen (secondary N) is 1. The van der Waals surface area contributed by atoms with Crippen molar-refractivity contribution < 1.29 is 14.3 Å². The Hall–Kier alpha value is -1.10. The Labute approximate surface area is 115 Å². The number of amides is 2. The van der Waals surface area contributed by atoms with E-state index in [-0.39, 0.29) is 23.3 Å². The molecule has 2 unspecified atom stereocenters. The van der Waals surface area contributed by atoms with Crippen molar-refractivity contribution in [2.75, 3.05) is 20.3 Å². The lowest BCUT2D eigenvalue weighted by Gasteiger charge is -2.43. The molecule has 1 fully saturated rings. The van der Waals surface area contributed by atoms with Gasteiger partial charge in [0.2, 0.25) is 11.8 Å². The lowest BCUT2D eigenvalue weighted by atomic mass is 9.83. The fourth-order valence-electron chi connectivity index (χ4n) is 2.40. The Kier molecular flexibility index (Phi) is 5.35. The summed E-state index contributed by atoms with van der Waals surface area (Å²) in [6.45, 7) is 9.01. The largest absolute Gasteiger partial charge is 0.385 e. The van der Waals surface area contributed by atoms with Gasteiger partial charge >= 0.3 is 0 Å². The minimum Gasteiger partial charge on any atom is -0.385 e. The van der Waals surface area contributed by atoms with Crippen LogP contribution in [0.2, 0.25) is 0 Å². The molecule has 5 heteroatoms. The Morgan fingerprint density at radius 2 is 1.95 bits per heavy atom. The van der Waals surface area contributed by atoms with Gasteiger partial charge in [-0.2, -0.15) is 0 Å². The van der Waals surface area contributed by atoms with Crippen molar-refractivity contribution in [2.45, 2.75) is 52.6 Å². The standard InChI is InChI=1S/C14H26N2O3/c1-6-10-12(17)15-11(14(2,3)4)13(18)16(10)8-7-9-19-5/h10-11H,6-9H2,1-5H3,(H,15,17). The van der Waals surface area contributed by atoms with Gasteiger partial charge in [-0.15, -0.1) is 0 Å². The Morgan fingerprint density at radius 3 is 2.42 bits per heavy atom. The second-order valence-electron chi connectivity index (χ2n) is 6.11. The van der Waals surface area contributed by atoms with Gasteiger partial charge in [-0.05, 0) is 18.3 Å². The van der Waals surface area contributed by atoms with Gasteiger partial charge in [0.05, 0.1) is 0 Å². The average molecular weight is 270 g/mol. The molecule has 2 amide bonds. The van der Waals surface area contributed by atoms with Gasteiger partial charge in [0.1, 0.15) is 12.1 Å². The first-order chi connectivity index (χ1) is 8.82. The Morgan fingerprint density at radius 1 is 1.32 bits per heavy atom. The first kappa shape index (κ1) is 16.0. The fourth-order valence-corrected chi connectivity index (χ4v) is 2.40. The molecule has 0 radical (unpaired) electrons. The smallest absolute Gasteiger partial charge is 0.246 e. The van der Waals surface area contributed by atoms with Crippen molar-refractivity contribution in [3.05, 3.63) is 0 Å². The highest BCUT2D eigenvalue weighted by atomic mass is 16.5. The number of nitrogens with zero attached hydrogens (tertiary/aromatic N) is 1. The van der Waals surface area contributed by atoms with E-state index in [0.29, 0.717) is 19.6 Å². The summed E-state index contributed by atoms with van der Waals surface area (Å²) in [6, 6.07) is -0.784. The number of carbonyl (C=O) groups is 2. The predicted molar refractivity (Wildman–Crippen MR) is 73.7 cm³/mol. The maximum atomic E-state index is 12.6. The van der Waals surface area contributed by atoms with Crippen LogP contribution in [0.4, 0.5) is 0 Å². The third kappa shape index (κ3) is 3.69. The van der Waals surface area contributed by atoms with Crippen molar-refractivity contribution in [1.29, 1.82) is 0 Å². The molecule has 1 N–H and O–H groups in total. The Balaban J connectivity index is 2.86. The molecular weight excluding hydrogens is 244 g/mol. The Bertz CT molecular complexity index is 336. The van der Waals surface area contributed by atoms with Crippen LogP contribution >= 0.6 is 0 Å². The van der Waals surface area contributed by atoms with Crippen LogP contribution in [0.3, 0.4) is 0 Å². The van der Waals surface area contributed by atoms with Crippen LogP contribution in [0.1, 0.15) is 40.5 Å². The molecule has 1 aliphatic heterocycles. The molecule has 19 heavy (non-hydrogen) atoms. The second kappa shape index (κ2) is 6.37. The number of carbonyl (C=O) groups excluding carboxylic acids is 2. The van der Waals surface area contributed by atoms with Gasteiger partial charge in [0.15, 0.2) is 0 Å². The van der Waals surface area contributed by atoms with E-state index >= 15 is 0 Å². The second-order valence-corrected chi connectivity index (χ2v) is 6.11. The topological polar surface area (TPSA) is 58.6 Å². The van der Waals surface area contributed by atoms with E-state index < -0.39 is 6.04 Å². The summed E-state index contributed by atoms with van der Waals surface area (Å²) >= 11 is 0. The summed E-state index contributed by atoms with van der Waals surface area (Å²) < 4.78 is 5.02. The average Bonchev–Trinajstić information content (AvgIpc) is 2.32. The zero-order valence-electron chi connectivity index (χ0n) is 12.7. The van der Waals surface area contributed by atoms with Crippen LogP contribution in [0.15, 0.2) is 0 Å². The number of hydrogen-bond acceptors (Lipinski definition) is 3. The molecule has 0 aromatic heterocycles. The molecule has 0 aliphatic carbocycles. The summed E-state index contributed by atoms with van der Waals surface area (Å²) in [7, 11) is 1.64. The summed E-state index contributed by atoms with van der Waals surface area (Å²) in [4.78, 5) is 26.4.